The van der Waals surface area contributed by atoms with Crippen LogP contribution in [-0.4, -0.2) is 30.8 Å². The Hall–Kier alpha value is -2.42. The summed E-state index contributed by atoms with van der Waals surface area (Å²) in [6, 6.07) is 1.06. The molecule has 0 unspecified atom stereocenters. The van der Waals surface area contributed by atoms with Crippen LogP contribution in [0.4, 0.5) is 5.82 Å². The minimum absolute atomic E-state index is 0.0598. The van der Waals surface area contributed by atoms with E-state index in [1.54, 1.807) is 4.68 Å². The maximum absolute atomic E-state index is 11.8. The Kier molecular flexibility index (Phi) is 3.99. The number of hydrogen-bond acceptors (Lipinski definition) is 5. The number of carbonyl (C=O) groups excluding carboxylic acids is 1. The number of aromatic amines is 1. The van der Waals surface area contributed by atoms with Gasteiger partial charge in [-0.05, 0) is 11.8 Å². The minimum Gasteiger partial charge on any atom is -0.358 e. The topological polar surface area (TPSA) is 119 Å². The van der Waals surface area contributed by atoms with Gasteiger partial charge in [0.05, 0.1) is 29.5 Å². The number of nitrogens with one attached hydrogen (secondary N) is 2. The summed E-state index contributed by atoms with van der Waals surface area (Å²) in [5.41, 5.74) is 0.600. The quantitative estimate of drug-likeness (QED) is 0.633. The predicted molar refractivity (Wildman–Crippen MR) is 69.3 cm³/mol. The lowest BCUT2D eigenvalue weighted by atomic mass is 10.3. The van der Waals surface area contributed by atoms with Crippen LogP contribution in [0.2, 0.25) is 5.02 Å². The first-order chi connectivity index (χ1) is 9.52. The molecule has 2 aromatic rings. The summed E-state index contributed by atoms with van der Waals surface area (Å²) in [7, 11) is 0. The Morgan fingerprint density at radius 3 is 3.00 bits per heavy atom. The zero-order valence-electron chi connectivity index (χ0n) is 10.5. The largest absolute Gasteiger partial charge is 0.358 e. The fourth-order valence-electron chi connectivity index (χ4n) is 1.61. The van der Waals surface area contributed by atoms with Crippen molar-refractivity contribution in [3.05, 3.63) is 38.8 Å². The van der Waals surface area contributed by atoms with E-state index < -0.39 is 10.8 Å². The van der Waals surface area contributed by atoms with E-state index in [0.717, 1.165) is 6.07 Å². The molecule has 2 heterocycles. The molecule has 1 amide bonds. The molecular formula is C10H11ClN6O3. The molecule has 9 nitrogen and oxygen atoms in total. The molecule has 0 aliphatic heterocycles. The average Bonchev–Trinajstić information content (AvgIpc) is 3.03. The molecule has 0 aliphatic carbocycles. The summed E-state index contributed by atoms with van der Waals surface area (Å²) >= 11 is 5.95. The van der Waals surface area contributed by atoms with Gasteiger partial charge in [-0.1, -0.05) is 16.7 Å². The highest BCUT2D eigenvalue weighted by Gasteiger charge is 2.17. The van der Waals surface area contributed by atoms with Crippen LogP contribution >= 0.6 is 11.6 Å². The highest BCUT2D eigenvalue weighted by atomic mass is 35.5. The molecule has 10 heteroatoms. The normalized spacial score (nSPS) is 10.5. The van der Waals surface area contributed by atoms with E-state index in [1.807, 2.05) is 6.92 Å². The van der Waals surface area contributed by atoms with Crippen LogP contribution in [0.15, 0.2) is 12.3 Å². The molecule has 0 spiro atoms. The Morgan fingerprint density at radius 2 is 2.40 bits per heavy atom. The van der Waals surface area contributed by atoms with E-state index in [-0.39, 0.29) is 18.1 Å². The molecular weight excluding hydrogens is 288 g/mol. The van der Waals surface area contributed by atoms with Gasteiger partial charge >= 0.3 is 5.82 Å². The van der Waals surface area contributed by atoms with Gasteiger partial charge in [-0.25, -0.2) is 0 Å². The molecule has 0 aliphatic rings. The number of carbonyl (C=O) groups is 1. The lowest BCUT2D eigenvalue weighted by Crippen LogP contribution is -2.24. The van der Waals surface area contributed by atoms with Gasteiger partial charge in [0.25, 0.3) is 5.91 Å². The molecule has 106 valence electrons. The van der Waals surface area contributed by atoms with Crippen molar-refractivity contribution in [3.8, 4) is 0 Å². The summed E-state index contributed by atoms with van der Waals surface area (Å²) in [6.45, 7) is 2.67. The summed E-state index contributed by atoms with van der Waals surface area (Å²) in [5.74, 6) is -0.874. The van der Waals surface area contributed by atoms with Crippen molar-refractivity contribution >= 4 is 23.3 Å². The lowest BCUT2D eigenvalue weighted by molar-refractivity contribution is -0.389. The summed E-state index contributed by atoms with van der Waals surface area (Å²) in [4.78, 5) is 21.6. The van der Waals surface area contributed by atoms with Crippen molar-refractivity contribution in [1.29, 1.82) is 0 Å². The minimum atomic E-state index is -0.660. The number of aryl methyl sites for hydroxylation is 1. The maximum Gasteiger partial charge on any atom is 0.343 e. The SMILES string of the molecule is CCn1ncc(Cl)c1CNC(=O)c1cc([N+](=O)[O-])[nH]n1. The number of aromatic nitrogens is 4. The zero-order valence-corrected chi connectivity index (χ0v) is 11.2. The zero-order chi connectivity index (χ0) is 14.7. The molecule has 0 aromatic carbocycles. The van der Waals surface area contributed by atoms with E-state index >= 15 is 0 Å². The number of H-pyrrole nitrogens is 1. The van der Waals surface area contributed by atoms with E-state index in [1.165, 1.54) is 6.20 Å². The van der Waals surface area contributed by atoms with Crippen molar-refractivity contribution in [3.63, 3.8) is 0 Å². The number of nitrogens with zero attached hydrogens (tertiary/aromatic N) is 4. The van der Waals surface area contributed by atoms with E-state index in [0.29, 0.717) is 17.3 Å². The second kappa shape index (κ2) is 5.70. The first kappa shape index (κ1) is 14.0. The number of rotatable bonds is 5. The number of amides is 1. The van der Waals surface area contributed by atoms with Gasteiger partial charge in [0.15, 0.2) is 5.69 Å². The van der Waals surface area contributed by atoms with Gasteiger partial charge in [-0.15, -0.1) is 5.10 Å². The Balaban J connectivity index is 2.04. The molecule has 0 fully saturated rings. The van der Waals surface area contributed by atoms with Gasteiger partial charge in [0.1, 0.15) is 0 Å². The fraction of sp³-hybridized carbons (Fsp3) is 0.300. The first-order valence-electron chi connectivity index (χ1n) is 5.71. The van der Waals surface area contributed by atoms with E-state index in [9.17, 15) is 14.9 Å². The summed E-state index contributed by atoms with van der Waals surface area (Å²) in [5, 5.41) is 23.3. The van der Waals surface area contributed by atoms with Crippen LogP contribution in [0.5, 0.6) is 0 Å². The van der Waals surface area contributed by atoms with Gasteiger partial charge in [-0.3, -0.25) is 9.48 Å². The first-order valence-corrected chi connectivity index (χ1v) is 6.09. The number of nitro groups is 1. The molecule has 2 rings (SSSR count). The summed E-state index contributed by atoms with van der Waals surface area (Å²) < 4.78 is 1.65. The predicted octanol–water partition coefficient (Wildman–Crippen LogP) is 1.12. The van der Waals surface area contributed by atoms with Crippen molar-refractivity contribution in [1.82, 2.24) is 25.3 Å². The highest BCUT2D eigenvalue weighted by molar-refractivity contribution is 6.31. The van der Waals surface area contributed by atoms with Crippen LogP contribution in [0.1, 0.15) is 23.1 Å². The van der Waals surface area contributed by atoms with Crippen LogP contribution in [0.3, 0.4) is 0 Å². The summed E-state index contributed by atoms with van der Waals surface area (Å²) in [6.07, 6.45) is 1.49. The maximum atomic E-state index is 11.8. The lowest BCUT2D eigenvalue weighted by Gasteiger charge is -2.06. The van der Waals surface area contributed by atoms with Crippen molar-refractivity contribution in [2.24, 2.45) is 0 Å². The second-order valence-electron chi connectivity index (χ2n) is 3.83. The third kappa shape index (κ3) is 2.77. The van der Waals surface area contributed by atoms with E-state index in [4.69, 9.17) is 11.6 Å². The van der Waals surface area contributed by atoms with Crippen LogP contribution in [-0.2, 0) is 13.1 Å². The average molecular weight is 299 g/mol. The fourth-order valence-corrected chi connectivity index (χ4v) is 1.82. The van der Waals surface area contributed by atoms with Crippen molar-refractivity contribution in [2.75, 3.05) is 0 Å². The monoisotopic (exact) mass is 298 g/mol. The Morgan fingerprint density at radius 1 is 1.65 bits per heavy atom. The highest BCUT2D eigenvalue weighted by Crippen LogP contribution is 2.15. The molecule has 0 saturated carbocycles. The smallest absolute Gasteiger partial charge is 0.343 e. The van der Waals surface area contributed by atoms with Gasteiger partial charge in [0, 0.05) is 6.54 Å². The van der Waals surface area contributed by atoms with Crippen molar-refractivity contribution in [2.45, 2.75) is 20.0 Å². The molecule has 0 saturated heterocycles. The van der Waals surface area contributed by atoms with Crippen molar-refractivity contribution < 1.29 is 9.72 Å². The second-order valence-corrected chi connectivity index (χ2v) is 4.24. The third-order valence-corrected chi connectivity index (χ3v) is 2.92. The van der Waals surface area contributed by atoms with E-state index in [2.05, 4.69) is 20.6 Å². The Bertz CT molecular complexity index is 649. The third-order valence-electron chi connectivity index (χ3n) is 2.61. The number of halogens is 1. The van der Waals surface area contributed by atoms with Crippen LogP contribution in [0, 0.1) is 10.1 Å². The standard InChI is InChI=1S/C10H11ClN6O3/c1-2-16-8(6(11)4-13-16)5-12-10(18)7-3-9(15-14-7)17(19)20/h3-4H,2,5H2,1H3,(H,12,18)(H,14,15). The molecule has 20 heavy (non-hydrogen) atoms. The molecule has 0 radical (unpaired) electrons. The van der Waals surface area contributed by atoms with Crippen LogP contribution < -0.4 is 5.32 Å². The van der Waals surface area contributed by atoms with Crippen LogP contribution in [0.25, 0.3) is 0 Å². The number of hydrogen-bond donors (Lipinski definition) is 2. The molecule has 2 N–H and O–H groups in total. The van der Waals surface area contributed by atoms with Gasteiger partial charge < -0.3 is 15.4 Å². The molecule has 0 bridgehead atoms. The molecule has 2 aromatic heterocycles. The van der Waals surface area contributed by atoms with Gasteiger partial charge in [-0.2, -0.15) is 5.10 Å². The molecule has 0 atom stereocenters. The van der Waals surface area contributed by atoms with Gasteiger partial charge in [0.2, 0.25) is 0 Å². The Labute approximate surface area is 118 Å².